The van der Waals surface area contributed by atoms with Gasteiger partial charge in [0.15, 0.2) is 0 Å². The number of rotatable bonds is 6. The van der Waals surface area contributed by atoms with Crippen LogP contribution in [0.25, 0.3) is 5.69 Å². The Morgan fingerprint density at radius 3 is 2.33 bits per heavy atom. The van der Waals surface area contributed by atoms with E-state index in [2.05, 4.69) is 10.1 Å². The summed E-state index contributed by atoms with van der Waals surface area (Å²) in [5.74, 6) is -2.35. The van der Waals surface area contributed by atoms with Crippen LogP contribution in [0, 0.1) is 31.3 Å². The van der Waals surface area contributed by atoms with E-state index in [0.29, 0.717) is 17.1 Å². The molecule has 2 aromatic carbocycles. The van der Waals surface area contributed by atoms with E-state index in [1.165, 1.54) is 18.2 Å². The van der Waals surface area contributed by atoms with Crippen LogP contribution in [0.4, 0.5) is 13.2 Å². The fourth-order valence-corrected chi connectivity index (χ4v) is 3.58. The molecule has 0 spiro atoms. The number of carbonyl (C=O) groups is 1. The fourth-order valence-electron chi connectivity index (χ4n) is 3.58. The smallest absolute Gasteiger partial charge is 0.350 e. The molecule has 0 radical (unpaired) electrons. The van der Waals surface area contributed by atoms with Crippen LogP contribution in [-0.2, 0) is 13.1 Å². The Morgan fingerprint density at radius 1 is 1.03 bits per heavy atom. The van der Waals surface area contributed by atoms with Crippen LogP contribution in [0.2, 0.25) is 0 Å². The second kappa shape index (κ2) is 8.41. The zero-order chi connectivity index (χ0) is 23.9. The molecule has 11 heteroatoms. The number of benzene rings is 2. The highest BCUT2D eigenvalue weighted by atomic mass is 19.1. The Morgan fingerprint density at radius 2 is 1.73 bits per heavy atom. The summed E-state index contributed by atoms with van der Waals surface area (Å²) in [6, 6.07) is 7.53. The average molecular weight is 456 g/mol. The van der Waals surface area contributed by atoms with Crippen LogP contribution in [0.5, 0.6) is 0 Å². The van der Waals surface area contributed by atoms with Gasteiger partial charge in [-0.3, -0.25) is 9.36 Å². The number of nitrogens with two attached hydrogens (primary N) is 1. The summed E-state index contributed by atoms with van der Waals surface area (Å²) in [6.45, 7) is 3.08. The SMILES string of the molecule is Cc1nc(C(N)=O)c(C)n1Cc1ccc(-n2ncn(Cc3c(F)cccc3F)c2=O)cc1F. The van der Waals surface area contributed by atoms with Crippen molar-refractivity contribution in [2.45, 2.75) is 26.9 Å². The summed E-state index contributed by atoms with van der Waals surface area (Å²) in [5.41, 5.74) is 5.42. The molecule has 2 heterocycles. The number of amides is 1. The van der Waals surface area contributed by atoms with Gasteiger partial charge in [-0.25, -0.2) is 22.9 Å². The highest BCUT2D eigenvalue weighted by Crippen LogP contribution is 2.18. The third-order valence-corrected chi connectivity index (χ3v) is 5.38. The molecule has 1 amide bonds. The minimum atomic E-state index is -0.783. The van der Waals surface area contributed by atoms with E-state index in [0.717, 1.165) is 33.8 Å². The first-order valence-corrected chi connectivity index (χ1v) is 9.87. The molecule has 0 bridgehead atoms. The normalized spacial score (nSPS) is 11.2. The molecule has 4 aromatic rings. The van der Waals surface area contributed by atoms with Gasteiger partial charge in [0.05, 0.1) is 18.8 Å². The van der Waals surface area contributed by atoms with Crippen molar-refractivity contribution in [2.75, 3.05) is 0 Å². The molecule has 0 aliphatic heterocycles. The van der Waals surface area contributed by atoms with Gasteiger partial charge in [0, 0.05) is 22.9 Å². The highest BCUT2D eigenvalue weighted by molar-refractivity contribution is 5.92. The van der Waals surface area contributed by atoms with Crippen LogP contribution < -0.4 is 11.4 Å². The predicted molar refractivity (Wildman–Crippen MR) is 113 cm³/mol. The van der Waals surface area contributed by atoms with E-state index in [9.17, 15) is 22.8 Å². The zero-order valence-corrected chi connectivity index (χ0v) is 17.7. The topological polar surface area (TPSA) is 101 Å². The highest BCUT2D eigenvalue weighted by Gasteiger charge is 2.18. The van der Waals surface area contributed by atoms with E-state index < -0.39 is 29.0 Å². The number of aromatic nitrogens is 5. The Balaban J connectivity index is 1.62. The summed E-state index contributed by atoms with van der Waals surface area (Å²) in [5, 5.41) is 3.94. The number of primary amides is 1. The van der Waals surface area contributed by atoms with Gasteiger partial charge in [-0.1, -0.05) is 12.1 Å². The largest absolute Gasteiger partial charge is 0.364 e. The van der Waals surface area contributed by atoms with Crippen LogP contribution >= 0.6 is 0 Å². The first-order chi connectivity index (χ1) is 15.7. The number of aryl methyl sites for hydroxylation is 1. The van der Waals surface area contributed by atoms with Gasteiger partial charge in [0.2, 0.25) is 0 Å². The Kier molecular flexibility index (Phi) is 5.62. The molecule has 33 heavy (non-hydrogen) atoms. The average Bonchev–Trinajstić information content (AvgIpc) is 3.26. The van der Waals surface area contributed by atoms with Gasteiger partial charge in [-0.05, 0) is 32.0 Å². The first-order valence-electron chi connectivity index (χ1n) is 9.87. The molecule has 0 fully saturated rings. The van der Waals surface area contributed by atoms with Crippen molar-refractivity contribution >= 4 is 5.91 Å². The van der Waals surface area contributed by atoms with Crippen molar-refractivity contribution in [3.63, 3.8) is 0 Å². The van der Waals surface area contributed by atoms with E-state index in [1.807, 2.05) is 0 Å². The number of imidazole rings is 1. The molecule has 0 unspecified atom stereocenters. The molecule has 170 valence electrons. The molecule has 2 N–H and O–H groups in total. The molecule has 0 aliphatic rings. The quantitative estimate of drug-likeness (QED) is 0.482. The predicted octanol–water partition coefficient (Wildman–Crippen LogP) is 2.46. The molecule has 0 saturated heterocycles. The molecule has 2 aromatic heterocycles. The second-order valence-corrected chi connectivity index (χ2v) is 7.47. The van der Waals surface area contributed by atoms with Crippen LogP contribution in [0.15, 0.2) is 47.5 Å². The maximum atomic E-state index is 14.9. The minimum Gasteiger partial charge on any atom is -0.364 e. The Labute approximate surface area is 185 Å². The van der Waals surface area contributed by atoms with Crippen molar-refractivity contribution in [3.8, 4) is 5.69 Å². The van der Waals surface area contributed by atoms with E-state index >= 15 is 0 Å². The van der Waals surface area contributed by atoms with E-state index in [1.54, 1.807) is 18.4 Å². The zero-order valence-electron chi connectivity index (χ0n) is 17.7. The summed E-state index contributed by atoms with van der Waals surface area (Å²) < 4.78 is 46.3. The van der Waals surface area contributed by atoms with Crippen LogP contribution in [0.3, 0.4) is 0 Å². The number of carbonyl (C=O) groups excluding carboxylic acids is 1. The molecule has 8 nitrogen and oxygen atoms in total. The van der Waals surface area contributed by atoms with Crippen LogP contribution in [0.1, 0.15) is 33.1 Å². The lowest BCUT2D eigenvalue weighted by molar-refractivity contribution is 0.0995. The monoisotopic (exact) mass is 456 g/mol. The van der Waals surface area contributed by atoms with Crippen molar-refractivity contribution in [1.82, 2.24) is 23.9 Å². The van der Waals surface area contributed by atoms with Gasteiger partial charge in [0.1, 0.15) is 35.3 Å². The van der Waals surface area contributed by atoms with Gasteiger partial charge >= 0.3 is 5.69 Å². The number of nitrogens with zero attached hydrogens (tertiary/aromatic N) is 5. The third-order valence-electron chi connectivity index (χ3n) is 5.38. The van der Waals surface area contributed by atoms with E-state index in [-0.39, 0.29) is 30.0 Å². The summed E-state index contributed by atoms with van der Waals surface area (Å²) in [6.07, 6.45) is 1.13. The summed E-state index contributed by atoms with van der Waals surface area (Å²) >= 11 is 0. The first kappa shape index (κ1) is 22.1. The molecule has 0 aliphatic carbocycles. The summed E-state index contributed by atoms with van der Waals surface area (Å²) in [4.78, 5) is 28.3. The number of halogens is 3. The lowest BCUT2D eigenvalue weighted by atomic mass is 10.2. The molecule has 4 rings (SSSR count). The van der Waals surface area contributed by atoms with Gasteiger partial charge < -0.3 is 10.3 Å². The van der Waals surface area contributed by atoms with Crippen molar-refractivity contribution in [3.05, 3.63) is 99.0 Å². The van der Waals surface area contributed by atoms with E-state index in [4.69, 9.17) is 5.73 Å². The third kappa shape index (κ3) is 4.04. The van der Waals surface area contributed by atoms with Crippen molar-refractivity contribution in [1.29, 1.82) is 0 Å². The molecular weight excluding hydrogens is 437 g/mol. The maximum Gasteiger partial charge on any atom is 0.350 e. The van der Waals surface area contributed by atoms with Gasteiger partial charge in [0.25, 0.3) is 5.91 Å². The maximum absolute atomic E-state index is 14.9. The number of hydrogen-bond acceptors (Lipinski definition) is 4. The van der Waals surface area contributed by atoms with Gasteiger partial charge in [-0.15, -0.1) is 0 Å². The molecule has 0 saturated carbocycles. The van der Waals surface area contributed by atoms with Gasteiger partial charge in [-0.2, -0.15) is 9.78 Å². The second-order valence-electron chi connectivity index (χ2n) is 7.47. The molecular formula is C22H19F3N6O2. The minimum absolute atomic E-state index is 0.0972. The number of hydrogen-bond donors (Lipinski definition) is 1. The lowest BCUT2D eigenvalue weighted by Crippen LogP contribution is -2.25. The Bertz CT molecular complexity index is 1420. The Hall–Kier alpha value is -4.15. The standard InChI is InChI=1S/C22H19F3N6O2/c1-12-20(21(26)32)28-13(2)30(12)9-14-6-7-15(8-19(14)25)31-22(33)29(11-27-31)10-16-17(23)4-3-5-18(16)24/h3-8,11H,9-10H2,1-2H3,(H2,26,32). The lowest BCUT2D eigenvalue weighted by Gasteiger charge is -2.10. The fraction of sp³-hybridized carbons (Fsp3) is 0.182. The molecule has 0 atom stereocenters. The van der Waals surface area contributed by atoms with Crippen molar-refractivity contribution < 1.29 is 18.0 Å². The van der Waals surface area contributed by atoms with Crippen molar-refractivity contribution in [2.24, 2.45) is 5.73 Å². The summed E-state index contributed by atoms with van der Waals surface area (Å²) in [7, 11) is 0. The van der Waals surface area contributed by atoms with Crippen LogP contribution in [-0.4, -0.2) is 29.8 Å².